The molecule has 0 saturated carbocycles. The van der Waals surface area contributed by atoms with Gasteiger partial charge in [-0.05, 0) is 24.8 Å². The molecule has 0 aliphatic carbocycles. The van der Waals surface area contributed by atoms with Gasteiger partial charge in [-0.2, -0.15) is 0 Å². The van der Waals surface area contributed by atoms with Crippen molar-refractivity contribution in [1.29, 1.82) is 0 Å². The lowest BCUT2D eigenvalue weighted by atomic mass is 10.0. The van der Waals surface area contributed by atoms with Crippen LogP contribution in [0.3, 0.4) is 0 Å². The molecule has 0 aromatic heterocycles. The number of benzene rings is 1. The van der Waals surface area contributed by atoms with Crippen LogP contribution in [0.4, 0.5) is 10.1 Å². The van der Waals surface area contributed by atoms with Crippen LogP contribution in [0, 0.1) is 17.7 Å². The lowest BCUT2D eigenvalue weighted by Crippen LogP contribution is -2.33. The fourth-order valence-electron chi connectivity index (χ4n) is 2.34. The number of aliphatic hydroxyl groups is 1. The van der Waals surface area contributed by atoms with Crippen LogP contribution in [0.1, 0.15) is 46.3 Å². The lowest BCUT2D eigenvalue weighted by Gasteiger charge is -2.31. The van der Waals surface area contributed by atoms with Gasteiger partial charge >= 0.3 is 0 Å². The van der Waals surface area contributed by atoms with Crippen molar-refractivity contribution in [1.82, 2.24) is 0 Å². The monoisotopic (exact) mass is 267 g/mol. The normalized spacial score (nSPS) is 13.1. The molecule has 0 amide bonds. The molecule has 0 heterocycles. The first kappa shape index (κ1) is 16.0. The summed E-state index contributed by atoms with van der Waals surface area (Å²) in [5.74, 6) is 0.639. The van der Waals surface area contributed by atoms with E-state index in [0.717, 1.165) is 13.1 Å². The van der Waals surface area contributed by atoms with E-state index in [1.54, 1.807) is 19.1 Å². The van der Waals surface area contributed by atoms with Crippen molar-refractivity contribution in [2.75, 3.05) is 18.0 Å². The quantitative estimate of drug-likeness (QED) is 0.842. The summed E-state index contributed by atoms with van der Waals surface area (Å²) in [6.45, 7) is 11.7. The lowest BCUT2D eigenvalue weighted by molar-refractivity contribution is 0.199. The van der Waals surface area contributed by atoms with Crippen molar-refractivity contribution in [3.8, 4) is 0 Å². The van der Waals surface area contributed by atoms with Gasteiger partial charge in [-0.15, -0.1) is 0 Å². The Morgan fingerprint density at radius 2 is 1.58 bits per heavy atom. The highest BCUT2D eigenvalue weighted by Crippen LogP contribution is 2.30. The second-order valence-corrected chi connectivity index (χ2v) is 6.05. The fraction of sp³-hybridized carbons (Fsp3) is 0.625. The van der Waals surface area contributed by atoms with Gasteiger partial charge in [0.1, 0.15) is 5.82 Å². The predicted molar refractivity (Wildman–Crippen MR) is 78.9 cm³/mol. The van der Waals surface area contributed by atoms with Crippen LogP contribution in [-0.4, -0.2) is 18.2 Å². The summed E-state index contributed by atoms with van der Waals surface area (Å²) in [4.78, 5) is 2.06. The molecule has 1 unspecified atom stereocenters. The highest BCUT2D eigenvalue weighted by molar-refractivity contribution is 5.56. The van der Waals surface area contributed by atoms with Gasteiger partial charge in [-0.3, -0.25) is 0 Å². The van der Waals surface area contributed by atoms with E-state index in [0.29, 0.717) is 23.1 Å². The molecular weight excluding hydrogens is 241 g/mol. The molecule has 0 aliphatic rings. The standard InChI is InChI=1S/C16H26FNO/c1-11(2)9-18(10-12(3)4)16-14(13(5)19)7-6-8-15(16)17/h6-8,11-13,19H,9-10H2,1-5H3. The smallest absolute Gasteiger partial charge is 0.146 e. The van der Waals surface area contributed by atoms with Gasteiger partial charge in [0.25, 0.3) is 0 Å². The summed E-state index contributed by atoms with van der Waals surface area (Å²) in [6.07, 6.45) is -0.660. The zero-order valence-electron chi connectivity index (χ0n) is 12.7. The van der Waals surface area contributed by atoms with Crippen molar-refractivity contribution in [3.05, 3.63) is 29.6 Å². The number of aliphatic hydroxyl groups excluding tert-OH is 1. The third kappa shape index (κ3) is 4.50. The molecule has 3 heteroatoms. The van der Waals surface area contributed by atoms with Crippen molar-refractivity contribution in [2.24, 2.45) is 11.8 Å². The van der Waals surface area contributed by atoms with Gasteiger partial charge in [0.15, 0.2) is 0 Å². The number of anilines is 1. The SMILES string of the molecule is CC(C)CN(CC(C)C)c1c(F)cccc1C(C)O. The van der Waals surface area contributed by atoms with E-state index in [4.69, 9.17) is 0 Å². The van der Waals surface area contributed by atoms with Gasteiger partial charge in [0.05, 0.1) is 11.8 Å². The Kier molecular flexibility index (Phi) is 5.80. The molecule has 0 radical (unpaired) electrons. The number of nitrogens with zero attached hydrogens (tertiary/aromatic N) is 1. The zero-order chi connectivity index (χ0) is 14.6. The van der Waals surface area contributed by atoms with Crippen molar-refractivity contribution < 1.29 is 9.50 Å². The molecule has 0 saturated heterocycles. The molecular formula is C16H26FNO. The average molecular weight is 267 g/mol. The summed E-state index contributed by atoms with van der Waals surface area (Å²) in [5.41, 5.74) is 1.22. The fourth-order valence-corrected chi connectivity index (χ4v) is 2.34. The Labute approximate surface area is 116 Å². The molecule has 0 bridgehead atoms. The number of rotatable bonds is 6. The third-order valence-corrected chi connectivity index (χ3v) is 2.96. The first-order valence-electron chi connectivity index (χ1n) is 7.04. The van der Waals surface area contributed by atoms with Crippen LogP contribution in [0.2, 0.25) is 0 Å². The number of hydrogen-bond donors (Lipinski definition) is 1. The summed E-state index contributed by atoms with van der Waals surface area (Å²) in [5, 5.41) is 9.85. The summed E-state index contributed by atoms with van der Waals surface area (Å²) in [6, 6.07) is 4.93. The van der Waals surface area contributed by atoms with Gasteiger partial charge in [0, 0.05) is 18.7 Å². The summed E-state index contributed by atoms with van der Waals surface area (Å²) >= 11 is 0. The van der Waals surface area contributed by atoms with Crippen LogP contribution in [-0.2, 0) is 0 Å². The van der Waals surface area contributed by atoms with E-state index in [2.05, 4.69) is 32.6 Å². The summed E-state index contributed by atoms with van der Waals surface area (Å²) in [7, 11) is 0. The van der Waals surface area contributed by atoms with Crippen molar-refractivity contribution in [3.63, 3.8) is 0 Å². The Bertz CT molecular complexity index is 392. The highest BCUT2D eigenvalue weighted by Gasteiger charge is 2.20. The van der Waals surface area contributed by atoms with E-state index in [1.165, 1.54) is 6.07 Å². The predicted octanol–water partition coefficient (Wildman–Crippen LogP) is 4.00. The minimum absolute atomic E-state index is 0.250. The van der Waals surface area contributed by atoms with Crippen LogP contribution in [0.25, 0.3) is 0 Å². The molecule has 1 rings (SSSR count). The maximum absolute atomic E-state index is 14.2. The minimum Gasteiger partial charge on any atom is -0.389 e. The van der Waals surface area contributed by atoms with Gasteiger partial charge < -0.3 is 10.0 Å². The van der Waals surface area contributed by atoms with E-state index in [-0.39, 0.29) is 5.82 Å². The Balaban J connectivity index is 3.19. The van der Waals surface area contributed by atoms with Crippen LogP contribution >= 0.6 is 0 Å². The van der Waals surface area contributed by atoms with Crippen LogP contribution in [0.15, 0.2) is 18.2 Å². The van der Waals surface area contributed by atoms with E-state index in [1.807, 2.05) is 0 Å². The van der Waals surface area contributed by atoms with Crippen LogP contribution < -0.4 is 4.90 Å². The molecule has 108 valence electrons. The van der Waals surface area contributed by atoms with Crippen molar-refractivity contribution >= 4 is 5.69 Å². The third-order valence-electron chi connectivity index (χ3n) is 2.96. The highest BCUT2D eigenvalue weighted by atomic mass is 19.1. The first-order valence-corrected chi connectivity index (χ1v) is 7.04. The number of hydrogen-bond acceptors (Lipinski definition) is 2. The Morgan fingerprint density at radius 3 is 2.00 bits per heavy atom. The Morgan fingerprint density at radius 1 is 1.05 bits per heavy atom. The molecule has 0 spiro atoms. The Hall–Kier alpha value is -1.09. The van der Waals surface area contributed by atoms with Crippen molar-refractivity contribution in [2.45, 2.75) is 40.7 Å². The molecule has 1 aromatic carbocycles. The van der Waals surface area contributed by atoms with Gasteiger partial charge in [-0.1, -0.05) is 39.8 Å². The number of halogens is 1. The topological polar surface area (TPSA) is 23.5 Å². The molecule has 1 atom stereocenters. The minimum atomic E-state index is -0.660. The molecule has 0 fully saturated rings. The zero-order valence-corrected chi connectivity index (χ0v) is 12.7. The molecule has 19 heavy (non-hydrogen) atoms. The van der Waals surface area contributed by atoms with E-state index >= 15 is 0 Å². The maximum Gasteiger partial charge on any atom is 0.146 e. The summed E-state index contributed by atoms with van der Waals surface area (Å²) < 4.78 is 14.2. The number of para-hydroxylation sites is 1. The molecule has 1 N–H and O–H groups in total. The van der Waals surface area contributed by atoms with Gasteiger partial charge in [-0.25, -0.2) is 4.39 Å². The first-order chi connectivity index (χ1) is 8.82. The second kappa shape index (κ2) is 6.90. The van der Waals surface area contributed by atoms with E-state index < -0.39 is 6.10 Å². The molecule has 0 aliphatic heterocycles. The maximum atomic E-state index is 14.2. The van der Waals surface area contributed by atoms with Gasteiger partial charge in [0.2, 0.25) is 0 Å². The molecule has 2 nitrogen and oxygen atoms in total. The average Bonchev–Trinajstić information content (AvgIpc) is 2.26. The largest absolute Gasteiger partial charge is 0.389 e. The second-order valence-electron chi connectivity index (χ2n) is 6.05. The van der Waals surface area contributed by atoms with Crippen LogP contribution in [0.5, 0.6) is 0 Å². The van der Waals surface area contributed by atoms with E-state index in [9.17, 15) is 9.50 Å². The molecule has 1 aromatic rings.